The Bertz CT molecular complexity index is 255. The van der Waals surface area contributed by atoms with Gasteiger partial charge in [0.15, 0.2) is 0 Å². The second-order valence-corrected chi connectivity index (χ2v) is 2.03. The highest BCUT2D eigenvalue weighted by Crippen LogP contribution is 1.98. The SMILES string of the molecule is CCOOC(=O)C(=C=O)C(=O)OOCC. The van der Waals surface area contributed by atoms with Crippen molar-refractivity contribution >= 4 is 17.9 Å². The molecule has 0 fully saturated rings. The molecule has 0 atom stereocenters. The maximum absolute atomic E-state index is 10.9. The van der Waals surface area contributed by atoms with Gasteiger partial charge in [0.2, 0.25) is 5.57 Å². The minimum absolute atomic E-state index is 0.0817. The summed E-state index contributed by atoms with van der Waals surface area (Å²) < 4.78 is 0. The van der Waals surface area contributed by atoms with Crippen LogP contribution in [-0.4, -0.2) is 31.1 Å². The number of rotatable bonds is 6. The molecular weight excluding hydrogens is 208 g/mol. The average molecular weight is 218 g/mol. The second-order valence-electron chi connectivity index (χ2n) is 2.03. The van der Waals surface area contributed by atoms with E-state index in [2.05, 4.69) is 19.6 Å². The van der Waals surface area contributed by atoms with E-state index in [9.17, 15) is 14.4 Å². The molecule has 0 aromatic heterocycles. The standard InChI is InChI=1S/C8H10O7/c1-3-12-14-7(10)6(5-9)8(11)15-13-4-2/h3-4H2,1-2H3. The van der Waals surface area contributed by atoms with E-state index in [1.807, 2.05) is 0 Å². The molecule has 0 aromatic rings. The van der Waals surface area contributed by atoms with Crippen molar-refractivity contribution in [3.05, 3.63) is 5.57 Å². The average Bonchev–Trinajstić information content (AvgIpc) is 2.24. The summed E-state index contributed by atoms with van der Waals surface area (Å²) in [6.45, 7) is 3.27. The highest BCUT2D eigenvalue weighted by molar-refractivity contribution is 6.19. The van der Waals surface area contributed by atoms with Crippen LogP contribution in [0.2, 0.25) is 0 Å². The minimum Gasteiger partial charge on any atom is -0.292 e. The van der Waals surface area contributed by atoms with Crippen LogP contribution in [0.1, 0.15) is 13.8 Å². The molecule has 0 heterocycles. The molecule has 0 radical (unpaired) electrons. The Kier molecular flexibility index (Phi) is 6.82. The van der Waals surface area contributed by atoms with Crippen molar-refractivity contribution in [3.63, 3.8) is 0 Å². The summed E-state index contributed by atoms with van der Waals surface area (Å²) in [6.07, 6.45) is 0. The summed E-state index contributed by atoms with van der Waals surface area (Å²) in [4.78, 5) is 48.7. The lowest BCUT2D eigenvalue weighted by Gasteiger charge is -2.01. The zero-order chi connectivity index (χ0) is 11.7. The molecule has 0 saturated heterocycles. The predicted molar refractivity (Wildman–Crippen MR) is 44.6 cm³/mol. The third kappa shape index (κ3) is 4.92. The molecule has 0 aliphatic rings. The normalized spacial score (nSPS) is 8.93. The van der Waals surface area contributed by atoms with Gasteiger partial charge in [-0.15, -0.1) is 0 Å². The van der Waals surface area contributed by atoms with Gasteiger partial charge in [-0.25, -0.2) is 14.4 Å². The summed E-state index contributed by atoms with van der Waals surface area (Å²) in [6, 6.07) is 0. The van der Waals surface area contributed by atoms with Gasteiger partial charge in [-0.1, -0.05) is 0 Å². The number of carbonyl (C=O) groups is 2. The summed E-state index contributed by atoms with van der Waals surface area (Å²) in [5, 5.41) is 0. The van der Waals surface area contributed by atoms with Crippen LogP contribution in [0.25, 0.3) is 0 Å². The molecule has 0 aromatic carbocycles. The molecule has 15 heavy (non-hydrogen) atoms. The molecular formula is C8H10O7. The van der Waals surface area contributed by atoms with Gasteiger partial charge in [0, 0.05) is 0 Å². The molecule has 0 N–H and O–H groups in total. The fourth-order valence-corrected chi connectivity index (χ4v) is 0.475. The van der Waals surface area contributed by atoms with E-state index in [1.165, 1.54) is 0 Å². The van der Waals surface area contributed by atoms with Crippen molar-refractivity contribution in [3.8, 4) is 0 Å². The number of hydrogen-bond donors (Lipinski definition) is 0. The van der Waals surface area contributed by atoms with E-state index >= 15 is 0 Å². The number of hydrogen-bond acceptors (Lipinski definition) is 7. The lowest BCUT2D eigenvalue weighted by molar-refractivity contribution is -0.273. The van der Waals surface area contributed by atoms with Crippen molar-refractivity contribution in [2.24, 2.45) is 0 Å². The summed E-state index contributed by atoms with van der Waals surface area (Å²) in [7, 11) is 0. The molecule has 7 heteroatoms. The molecule has 84 valence electrons. The summed E-state index contributed by atoms with van der Waals surface area (Å²) in [5.41, 5.74) is -0.961. The van der Waals surface area contributed by atoms with Crippen LogP contribution in [-0.2, 0) is 33.9 Å². The first-order valence-corrected chi connectivity index (χ1v) is 4.10. The molecule has 7 nitrogen and oxygen atoms in total. The highest BCUT2D eigenvalue weighted by atomic mass is 17.2. The van der Waals surface area contributed by atoms with E-state index in [-0.39, 0.29) is 13.2 Å². The van der Waals surface area contributed by atoms with E-state index < -0.39 is 17.5 Å². The quantitative estimate of drug-likeness (QED) is 0.151. The van der Waals surface area contributed by atoms with Crippen LogP contribution in [0.3, 0.4) is 0 Å². The van der Waals surface area contributed by atoms with Crippen LogP contribution < -0.4 is 0 Å². The zero-order valence-electron chi connectivity index (χ0n) is 8.27. The monoisotopic (exact) mass is 218 g/mol. The van der Waals surface area contributed by atoms with Gasteiger partial charge in [0.25, 0.3) is 0 Å². The van der Waals surface area contributed by atoms with Crippen molar-refractivity contribution < 1.29 is 33.9 Å². The maximum Gasteiger partial charge on any atom is 0.391 e. The van der Waals surface area contributed by atoms with E-state index in [0.29, 0.717) is 0 Å². The maximum atomic E-state index is 10.9. The Morgan fingerprint density at radius 1 is 1.00 bits per heavy atom. The fourth-order valence-electron chi connectivity index (χ4n) is 0.475. The smallest absolute Gasteiger partial charge is 0.292 e. The number of carbonyl (C=O) groups excluding carboxylic acids is 3. The van der Waals surface area contributed by atoms with Crippen LogP contribution >= 0.6 is 0 Å². The molecule has 0 aliphatic heterocycles. The van der Waals surface area contributed by atoms with E-state index in [4.69, 9.17) is 0 Å². The third-order valence-electron chi connectivity index (χ3n) is 1.02. The molecule has 0 amide bonds. The van der Waals surface area contributed by atoms with Gasteiger partial charge in [-0.2, -0.15) is 9.78 Å². The van der Waals surface area contributed by atoms with E-state index in [1.54, 1.807) is 13.8 Å². The summed E-state index contributed by atoms with van der Waals surface area (Å²) in [5.74, 6) is -1.48. The summed E-state index contributed by atoms with van der Waals surface area (Å²) >= 11 is 0. The molecule has 0 rings (SSSR count). The first-order chi connectivity index (χ1) is 7.17. The molecule has 0 aliphatic carbocycles. The van der Waals surface area contributed by atoms with Gasteiger partial charge in [-0.05, 0) is 13.8 Å². The molecule has 0 spiro atoms. The molecule has 0 saturated carbocycles. The minimum atomic E-state index is -1.28. The van der Waals surface area contributed by atoms with Gasteiger partial charge in [0.05, 0.1) is 13.2 Å². The lowest BCUT2D eigenvalue weighted by Crippen LogP contribution is -2.19. The van der Waals surface area contributed by atoms with Gasteiger partial charge < -0.3 is 0 Å². The van der Waals surface area contributed by atoms with Crippen molar-refractivity contribution in [2.45, 2.75) is 13.8 Å². The van der Waals surface area contributed by atoms with Crippen LogP contribution in [0.15, 0.2) is 5.57 Å². The van der Waals surface area contributed by atoms with Crippen LogP contribution in [0.4, 0.5) is 0 Å². The van der Waals surface area contributed by atoms with Crippen molar-refractivity contribution in [2.75, 3.05) is 13.2 Å². The third-order valence-corrected chi connectivity index (χ3v) is 1.02. The molecule has 0 bridgehead atoms. The fraction of sp³-hybridized carbons (Fsp3) is 0.500. The lowest BCUT2D eigenvalue weighted by atomic mass is 10.3. The second kappa shape index (κ2) is 7.69. The zero-order valence-corrected chi connectivity index (χ0v) is 8.27. The van der Waals surface area contributed by atoms with Gasteiger partial charge in [0.1, 0.15) is 5.94 Å². The van der Waals surface area contributed by atoms with Gasteiger partial charge >= 0.3 is 11.9 Å². The highest BCUT2D eigenvalue weighted by Gasteiger charge is 2.25. The Balaban J connectivity index is 4.30. The van der Waals surface area contributed by atoms with Gasteiger partial charge in [-0.3, -0.25) is 9.78 Å². The predicted octanol–water partition coefficient (Wildman–Crippen LogP) is -0.266. The largest absolute Gasteiger partial charge is 0.391 e. The Labute approximate surface area is 85.4 Å². The van der Waals surface area contributed by atoms with E-state index in [0.717, 1.165) is 5.94 Å². The Morgan fingerprint density at radius 2 is 1.40 bits per heavy atom. The first-order valence-electron chi connectivity index (χ1n) is 4.10. The van der Waals surface area contributed by atoms with Crippen LogP contribution in [0, 0.1) is 0 Å². The van der Waals surface area contributed by atoms with Crippen molar-refractivity contribution in [1.82, 2.24) is 0 Å². The Morgan fingerprint density at radius 3 is 1.67 bits per heavy atom. The first kappa shape index (κ1) is 13.3. The molecule has 0 unspecified atom stereocenters. The Hall–Kier alpha value is -1.69. The topological polar surface area (TPSA) is 88.1 Å². The van der Waals surface area contributed by atoms with Crippen molar-refractivity contribution in [1.29, 1.82) is 0 Å². The van der Waals surface area contributed by atoms with Crippen LogP contribution in [0.5, 0.6) is 0 Å².